The summed E-state index contributed by atoms with van der Waals surface area (Å²) in [6, 6.07) is 14.0. The van der Waals surface area contributed by atoms with E-state index in [0.717, 1.165) is 28.7 Å². The molecule has 3 atom stereocenters. The number of rotatable bonds is 4. The van der Waals surface area contributed by atoms with E-state index in [-0.39, 0.29) is 29.6 Å². The van der Waals surface area contributed by atoms with Crippen molar-refractivity contribution < 1.29 is 13.6 Å². The Morgan fingerprint density at radius 1 is 1.29 bits per heavy atom. The highest BCUT2D eigenvalue weighted by molar-refractivity contribution is 5.84. The van der Waals surface area contributed by atoms with Crippen molar-refractivity contribution in [2.75, 3.05) is 7.05 Å². The summed E-state index contributed by atoms with van der Waals surface area (Å²) >= 11 is 0. The van der Waals surface area contributed by atoms with Crippen LogP contribution >= 0.6 is 0 Å². The molecule has 1 fully saturated rings. The van der Waals surface area contributed by atoms with Crippen LogP contribution in [0.25, 0.3) is 22.0 Å². The Balaban J connectivity index is 1.33. The molecule has 1 saturated carbocycles. The highest BCUT2D eigenvalue weighted by atomic mass is 19.1. The maximum atomic E-state index is 13.4. The number of imidazole rings is 1. The third kappa shape index (κ3) is 2.76. The normalized spacial score (nSPS) is 19.8. The standard InChI is InChI=1S/C22H20FN3O2/c1-12(19-9-13-7-8-14(23)10-20(13)28-19)26(2)22(27)16-11-15(16)21-24-17-5-3-4-6-18(17)25-21/h3-10,12,15-16H,11H2,1-2H3,(H,24,25)/t12-,15+,16?/m1/s1. The molecule has 5 nitrogen and oxygen atoms in total. The van der Waals surface area contributed by atoms with E-state index in [2.05, 4.69) is 9.97 Å². The number of para-hydroxylation sites is 2. The van der Waals surface area contributed by atoms with Gasteiger partial charge in [-0.25, -0.2) is 9.37 Å². The second kappa shape index (κ2) is 6.19. The summed E-state index contributed by atoms with van der Waals surface area (Å²) < 4.78 is 19.2. The predicted molar refractivity (Wildman–Crippen MR) is 104 cm³/mol. The molecule has 0 bridgehead atoms. The Morgan fingerprint density at radius 3 is 2.93 bits per heavy atom. The van der Waals surface area contributed by atoms with Crippen LogP contribution in [0.3, 0.4) is 0 Å². The molecule has 1 aliphatic carbocycles. The molecule has 1 aliphatic rings. The number of hydrogen-bond acceptors (Lipinski definition) is 3. The first-order chi connectivity index (χ1) is 13.5. The fraction of sp³-hybridized carbons (Fsp3) is 0.273. The molecule has 0 radical (unpaired) electrons. The van der Waals surface area contributed by atoms with Gasteiger partial charge in [0, 0.05) is 30.3 Å². The van der Waals surface area contributed by atoms with Crippen LogP contribution < -0.4 is 0 Å². The van der Waals surface area contributed by atoms with Crippen LogP contribution in [0.5, 0.6) is 0 Å². The van der Waals surface area contributed by atoms with Gasteiger partial charge in [-0.3, -0.25) is 4.79 Å². The largest absolute Gasteiger partial charge is 0.459 e. The van der Waals surface area contributed by atoms with E-state index in [1.165, 1.54) is 12.1 Å². The monoisotopic (exact) mass is 377 g/mol. The molecule has 2 heterocycles. The van der Waals surface area contributed by atoms with Gasteiger partial charge < -0.3 is 14.3 Å². The van der Waals surface area contributed by atoms with Crippen molar-refractivity contribution in [1.29, 1.82) is 0 Å². The van der Waals surface area contributed by atoms with Crippen LogP contribution in [0.1, 0.15) is 36.9 Å². The highest BCUT2D eigenvalue weighted by Crippen LogP contribution is 2.48. The molecule has 1 unspecified atom stereocenters. The number of aromatic amines is 1. The Labute approximate surface area is 161 Å². The predicted octanol–water partition coefficient (Wildman–Crippen LogP) is 4.77. The SMILES string of the molecule is C[C@H](c1cc2ccc(F)cc2o1)N(C)C(=O)C1C[C@@H]1c1nc2ccccc2[nH]1. The molecule has 6 heteroatoms. The van der Waals surface area contributed by atoms with E-state index < -0.39 is 0 Å². The minimum atomic E-state index is -0.336. The van der Waals surface area contributed by atoms with Crippen LogP contribution in [0, 0.1) is 11.7 Å². The number of halogens is 1. The maximum absolute atomic E-state index is 13.4. The fourth-order valence-electron chi connectivity index (χ4n) is 3.79. The first kappa shape index (κ1) is 17.0. The number of fused-ring (bicyclic) bond motifs is 2. The number of hydrogen-bond donors (Lipinski definition) is 1. The van der Waals surface area contributed by atoms with Gasteiger partial charge in [-0.15, -0.1) is 0 Å². The number of carbonyl (C=O) groups is 1. The average Bonchev–Trinajstić information content (AvgIpc) is 3.19. The van der Waals surface area contributed by atoms with Gasteiger partial charge in [0.1, 0.15) is 23.0 Å². The second-order valence-electron chi connectivity index (χ2n) is 7.54. The summed E-state index contributed by atoms with van der Waals surface area (Å²) in [7, 11) is 1.79. The number of benzene rings is 2. The van der Waals surface area contributed by atoms with Gasteiger partial charge in [0.2, 0.25) is 5.91 Å². The van der Waals surface area contributed by atoms with E-state index >= 15 is 0 Å². The first-order valence-electron chi connectivity index (χ1n) is 9.41. The van der Waals surface area contributed by atoms with Crippen LogP contribution in [0.4, 0.5) is 4.39 Å². The summed E-state index contributed by atoms with van der Waals surface area (Å²) in [4.78, 5) is 22.6. The second-order valence-corrected chi connectivity index (χ2v) is 7.54. The van der Waals surface area contributed by atoms with E-state index in [9.17, 15) is 9.18 Å². The topological polar surface area (TPSA) is 62.1 Å². The molecule has 0 spiro atoms. The Morgan fingerprint density at radius 2 is 2.11 bits per heavy atom. The smallest absolute Gasteiger partial charge is 0.226 e. The maximum Gasteiger partial charge on any atom is 0.226 e. The fourth-order valence-corrected chi connectivity index (χ4v) is 3.79. The minimum Gasteiger partial charge on any atom is -0.459 e. The summed E-state index contributed by atoms with van der Waals surface area (Å²) in [5.41, 5.74) is 2.41. The van der Waals surface area contributed by atoms with Crippen LogP contribution in [0.15, 0.2) is 52.9 Å². The Bertz CT molecular complexity index is 1160. The number of nitrogens with one attached hydrogen (secondary N) is 1. The number of aromatic nitrogens is 2. The zero-order chi connectivity index (χ0) is 19.4. The van der Waals surface area contributed by atoms with Gasteiger partial charge in [0.05, 0.1) is 17.1 Å². The molecule has 0 aliphatic heterocycles. The lowest BCUT2D eigenvalue weighted by Crippen LogP contribution is -2.31. The van der Waals surface area contributed by atoms with Gasteiger partial charge in [-0.1, -0.05) is 12.1 Å². The number of carbonyl (C=O) groups excluding carboxylic acids is 1. The summed E-state index contributed by atoms with van der Waals surface area (Å²) in [5, 5.41) is 0.829. The van der Waals surface area contributed by atoms with Crippen molar-refractivity contribution in [3.05, 3.63) is 65.9 Å². The molecular formula is C22H20FN3O2. The summed E-state index contributed by atoms with van der Waals surface area (Å²) in [5.74, 6) is 1.31. The van der Waals surface area contributed by atoms with Crippen molar-refractivity contribution in [1.82, 2.24) is 14.9 Å². The van der Waals surface area contributed by atoms with Crippen molar-refractivity contribution in [2.45, 2.75) is 25.3 Å². The lowest BCUT2D eigenvalue weighted by Gasteiger charge is -2.23. The summed E-state index contributed by atoms with van der Waals surface area (Å²) in [6.45, 7) is 1.92. The zero-order valence-electron chi connectivity index (χ0n) is 15.6. The van der Waals surface area contributed by atoms with Gasteiger partial charge in [-0.2, -0.15) is 0 Å². The molecule has 4 aromatic rings. The quantitative estimate of drug-likeness (QED) is 0.557. The van der Waals surface area contributed by atoms with Crippen LogP contribution in [-0.2, 0) is 4.79 Å². The Kier molecular flexibility index (Phi) is 3.75. The third-order valence-electron chi connectivity index (χ3n) is 5.71. The average molecular weight is 377 g/mol. The van der Waals surface area contributed by atoms with E-state index in [0.29, 0.717) is 11.3 Å². The molecule has 1 N–H and O–H groups in total. The lowest BCUT2D eigenvalue weighted by atomic mass is 10.1. The number of H-pyrrole nitrogens is 1. The van der Waals surface area contributed by atoms with E-state index in [1.54, 1.807) is 18.0 Å². The van der Waals surface area contributed by atoms with Crippen molar-refractivity contribution in [3.63, 3.8) is 0 Å². The minimum absolute atomic E-state index is 0.0737. The van der Waals surface area contributed by atoms with Crippen molar-refractivity contribution in [2.24, 2.45) is 5.92 Å². The third-order valence-corrected chi connectivity index (χ3v) is 5.71. The van der Waals surface area contributed by atoms with Gasteiger partial charge in [0.25, 0.3) is 0 Å². The molecule has 28 heavy (non-hydrogen) atoms. The Hall–Kier alpha value is -3.15. The molecule has 2 aromatic carbocycles. The van der Waals surface area contributed by atoms with Gasteiger partial charge in [0.15, 0.2) is 0 Å². The summed E-state index contributed by atoms with van der Waals surface area (Å²) in [6.07, 6.45) is 0.793. The lowest BCUT2D eigenvalue weighted by molar-refractivity contribution is -0.133. The number of furan rings is 1. The molecule has 1 amide bonds. The van der Waals surface area contributed by atoms with Gasteiger partial charge in [-0.05, 0) is 43.7 Å². The first-order valence-corrected chi connectivity index (χ1v) is 9.41. The van der Waals surface area contributed by atoms with Crippen LogP contribution in [0.2, 0.25) is 0 Å². The van der Waals surface area contributed by atoms with Crippen molar-refractivity contribution in [3.8, 4) is 0 Å². The molecule has 2 aromatic heterocycles. The van der Waals surface area contributed by atoms with E-state index in [1.807, 2.05) is 37.3 Å². The molecule has 142 valence electrons. The molecule has 5 rings (SSSR count). The molecule has 0 saturated heterocycles. The molecular weight excluding hydrogens is 357 g/mol. The highest BCUT2D eigenvalue weighted by Gasteiger charge is 2.48. The number of nitrogens with zero attached hydrogens (tertiary/aromatic N) is 2. The van der Waals surface area contributed by atoms with Crippen molar-refractivity contribution >= 4 is 27.9 Å². The van der Waals surface area contributed by atoms with Gasteiger partial charge >= 0.3 is 0 Å². The zero-order valence-corrected chi connectivity index (χ0v) is 15.6. The number of amides is 1. The van der Waals surface area contributed by atoms with Crippen LogP contribution in [-0.4, -0.2) is 27.8 Å². The van der Waals surface area contributed by atoms with E-state index in [4.69, 9.17) is 4.42 Å².